The van der Waals surface area contributed by atoms with Crippen LogP contribution < -0.4 is 5.73 Å². The summed E-state index contributed by atoms with van der Waals surface area (Å²) in [5, 5.41) is 0. The first kappa shape index (κ1) is 14.4. The van der Waals surface area contributed by atoms with Crippen LogP contribution in [0.1, 0.15) is 40.5 Å². The monoisotopic (exact) mass is 217 g/mol. The fraction of sp³-hybridized carbons (Fsp3) is 0.909. The number of carbonyl (C=O) groups is 1. The Bertz CT molecular complexity index is 185. The molecule has 15 heavy (non-hydrogen) atoms. The molecule has 0 radical (unpaired) electrons. The van der Waals surface area contributed by atoms with Gasteiger partial charge in [0.1, 0.15) is 6.61 Å². The summed E-state index contributed by atoms with van der Waals surface area (Å²) in [6, 6.07) is 0. The normalized spacial score (nSPS) is 11.9. The van der Waals surface area contributed by atoms with E-state index in [1.165, 1.54) is 0 Å². The number of nitrogens with two attached hydrogens (primary N) is 1. The van der Waals surface area contributed by atoms with Gasteiger partial charge in [-0.25, -0.2) is 0 Å². The second kappa shape index (κ2) is 6.80. The Morgan fingerprint density at radius 2 is 1.93 bits per heavy atom. The minimum absolute atomic E-state index is 0.173. The van der Waals surface area contributed by atoms with E-state index in [0.717, 1.165) is 0 Å². The average molecular weight is 217 g/mol. The molecule has 4 heteroatoms. The highest BCUT2D eigenvalue weighted by Crippen LogP contribution is 2.07. The van der Waals surface area contributed by atoms with Crippen LogP contribution in [0.3, 0.4) is 0 Å². The van der Waals surface area contributed by atoms with Crippen LogP contribution in [-0.2, 0) is 14.3 Å². The maximum atomic E-state index is 11.2. The highest BCUT2D eigenvalue weighted by Gasteiger charge is 2.13. The Balaban J connectivity index is 3.42. The SMILES string of the molecule is CC(C)OCCOC(=O)CCC(C)(C)N. The van der Waals surface area contributed by atoms with Crippen molar-refractivity contribution in [3.8, 4) is 0 Å². The van der Waals surface area contributed by atoms with Gasteiger partial charge in [0.05, 0.1) is 12.7 Å². The van der Waals surface area contributed by atoms with Crippen molar-refractivity contribution in [3.63, 3.8) is 0 Å². The topological polar surface area (TPSA) is 61.5 Å². The third-order valence-electron chi connectivity index (χ3n) is 1.77. The van der Waals surface area contributed by atoms with E-state index in [1.54, 1.807) is 0 Å². The zero-order chi connectivity index (χ0) is 11.9. The Labute approximate surface area is 92.1 Å². The molecular formula is C11H23NO3. The van der Waals surface area contributed by atoms with E-state index in [9.17, 15) is 4.79 Å². The molecule has 0 aliphatic rings. The molecule has 0 aromatic carbocycles. The molecule has 0 heterocycles. The first-order chi connectivity index (χ1) is 6.81. The molecule has 0 spiro atoms. The number of hydrogen-bond acceptors (Lipinski definition) is 4. The molecule has 0 aromatic heterocycles. The fourth-order valence-corrected chi connectivity index (χ4v) is 0.936. The molecule has 0 atom stereocenters. The summed E-state index contributed by atoms with van der Waals surface area (Å²) in [6.45, 7) is 8.44. The molecule has 4 nitrogen and oxygen atoms in total. The first-order valence-corrected chi connectivity index (χ1v) is 5.37. The number of rotatable bonds is 7. The summed E-state index contributed by atoms with van der Waals surface area (Å²) < 4.78 is 10.2. The molecule has 90 valence electrons. The van der Waals surface area contributed by atoms with Gasteiger partial charge in [0.2, 0.25) is 0 Å². The average Bonchev–Trinajstić information content (AvgIpc) is 2.07. The second-order valence-corrected chi connectivity index (χ2v) is 4.63. The third-order valence-corrected chi connectivity index (χ3v) is 1.77. The highest BCUT2D eigenvalue weighted by atomic mass is 16.6. The summed E-state index contributed by atoms with van der Waals surface area (Å²) in [6.07, 6.45) is 1.17. The van der Waals surface area contributed by atoms with Crippen LogP contribution in [0, 0.1) is 0 Å². The Hall–Kier alpha value is -0.610. The molecule has 0 saturated carbocycles. The minimum atomic E-state index is -0.312. The summed E-state index contributed by atoms with van der Waals surface area (Å²) in [4.78, 5) is 11.2. The molecule has 0 aromatic rings. The van der Waals surface area contributed by atoms with Crippen LogP contribution in [0.2, 0.25) is 0 Å². The van der Waals surface area contributed by atoms with E-state index < -0.39 is 0 Å². The quantitative estimate of drug-likeness (QED) is 0.518. The lowest BCUT2D eigenvalue weighted by Gasteiger charge is -2.17. The molecule has 0 unspecified atom stereocenters. The van der Waals surface area contributed by atoms with E-state index in [-0.39, 0.29) is 17.6 Å². The van der Waals surface area contributed by atoms with Crippen LogP contribution in [0.4, 0.5) is 0 Å². The molecule has 0 saturated heterocycles. The fourth-order valence-electron chi connectivity index (χ4n) is 0.936. The minimum Gasteiger partial charge on any atom is -0.463 e. The van der Waals surface area contributed by atoms with Crippen molar-refractivity contribution < 1.29 is 14.3 Å². The van der Waals surface area contributed by atoms with Crippen LogP contribution >= 0.6 is 0 Å². The van der Waals surface area contributed by atoms with Gasteiger partial charge in [-0.1, -0.05) is 0 Å². The molecule has 0 aliphatic heterocycles. The van der Waals surface area contributed by atoms with Crippen molar-refractivity contribution in [2.24, 2.45) is 5.73 Å². The van der Waals surface area contributed by atoms with Crippen molar-refractivity contribution >= 4 is 5.97 Å². The van der Waals surface area contributed by atoms with Crippen molar-refractivity contribution in [2.45, 2.75) is 52.2 Å². The van der Waals surface area contributed by atoms with Crippen LogP contribution in [0.25, 0.3) is 0 Å². The van der Waals surface area contributed by atoms with Crippen molar-refractivity contribution in [2.75, 3.05) is 13.2 Å². The molecular weight excluding hydrogens is 194 g/mol. The van der Waals surface area contributed by atoms with E-state index in [1.807, 2.05) is 27.7 Å². The highest BCUT2D eigenvalue weighted by molar-refractivity contribution is 5.69. The number of esters is 1. The number of ether oxygens (including phenoxy) is 2. The van der Waals surface area contributed by atoms with Gasteiger partial charge in [-0.05, 0) is 34.1 Å². The number of carbonyl (C=O) groups excluding carboxylic acids is 1. The summed E-state index contributed by atoms with van der Waals surface area (Å²) >= 11 is 0. The standard InChI is InChI=1S/C11H23NO3/c1-9(2)14-7-8-15-10(13)5-6-11(3,4)12/h9H,5-8,12H2,1-4H3. The Morgan fingerprint density at radius 1 is 1.33 bits per heavy atom. The van der Waals surface area contributed by atoms with E-state index in [2.05, 4.69) is 0 Å². The largest absolute Gasteiger partial charge is 0.463 e. The van der Waals surface area contributed by atoms with E-state index in [4.69, 9.17) is 15.2 Å². The van der Waals surface area contributed by atoms with E-state index in [0.29, 0.717) is 26.1 Å². The molecule has 0 rings (SSSR count). The van der Waals surface area contributed by atoms with Gasteiger partial charge in [-0.3, -0.25) is 4.79 Å². The lowest BCUT2D eigenvalue weighted by atomic mass is 10.0. The molecule has 2 N–H and O–H groups in total. The molecule has 0 amide bonds. The molecule has 0 aliphatic carbocycles. The smallest absolute Gasteiger partial charge is 0.305 e. The van der Waals surface area contributed by atoms with Crippen molar-refractivity contribution in [1.29, 1.82) is 0 Å². The Morgan fingerprint density at radius 3 is 2.40 bits per heavy atom. The number of hydrogen-bond donors (Lipinski definition) is 1. The molecule has 0 bridgehead atoms. The van der Waals surface area contributed by atoms with Gasteiger partial charge in [-0.15, -0.1) is 0 Å². The van der Waals surface area contributed by atoms with Gasteiger partial charge in [0, 0.05) is 12.0 Å². The van der Waals surface area contributed by atoms with Gasteiger partial charge in [0.15, 0.2) is 0 Å². The molecule has 0 fully saturated rings. The maximum absolute atomic E-state index is 11.2. The van der Waals surface area contributed by atoms with Gasteiger partial charge in [0.25, 0.3) is 0 Å². The second-order valence-electron chi connectivity index (χ2n) is 4.63. The van der Waals surface area contributed by atoms with Crippen molar-refractivity contribution in [3.05, 3.63) is 0 Å². The van der Waals surface area contributed by atoms with Crippen LogP contribution in [0.5, 0.6) is 0 Å². The van der Waals surface area contributed by atoms with Gasteiger partial charge >= 0.3 is 5.97 Å². The van der Waals surface area contributed by atoms with Crippen molar-refractivity contribution in [1.82, 2.24) is 0 Å². The van der Waals surface area contributed by atoms with Crippen LogP contribution in [0.15, 0.2) is 0 Å². The first-order valence-electron chi connectivity index (χ1n) is 5.37. The van der Waals surface area contributed by atoms with E-state index >= 15 is 0 Å². The van der Waals surface area contributed by atoms with Crippen LogP contribution in [-0.4, -0.2) is 30.8 Å². The third kappa shape index (κ3) is 11.3. The predicted octanol–water partition coefficient (Wildman–Crippen LogP) is 1.47. The summed E-state index contributed by atoms with van der Waals surface area (Å²) in [7, 11) is 0. The van der Waals surface area contributed by atoms with Gasteiger partial charge < -0.3 is 15.2 Å². The lowest BCUT2D eigenvalue weighted by Crippen LogP contribution is -2.32. The zero-order valence-electron chi connectivity index (χ0n) is 10.2. The summed E-state index contributed by atoms with van der Waals surface area (Å²) in [5.74, 6) is -0.208. The van der Waals surface area contributed by atoms with Gasteiger partial charge in [-0.2, -0.15) is 0 Å². The Kier molecular flexibility index (Phi) is 6.52. The zero-order valence-corrected chi connectivity index (χ0v) is 10.2. The maximum Gasteiger partial charge on any atom is 0.305 e. The lowest BCUT2D eigenvalue weighted by molar-refractivity contribution is -0.146. The summed E-state index contributed by atoms with van der Waals surface area (Å²) in [5.41, 5.74) is 5.43. The predicted molar refractivity (Wildman–Crippen MR) is 59.5 cm³/mol.